The number of benzene rings is 2. The molecule has 2 aliphatic rings. The van der Waals surface area contributed by atoms with E-state index in [1.54, 1.807) is 46.7 Å². The predicted octanol–water partition coefficient (Wildman–Crippen LogP) is 5.37. The van der Waals surface area contributed by atoms with E-state index in [0.717, 1.165) is 25.7 Å². The molecule has 65 heavy (non-hydrogen) atoms. The highest BCUT2D eigenvalue weighted by atomic mass is 19.1. The average molecular weight is 886 g/mol. The molecule has 5 aromatic heterocycles. The van der Waals surface area contributed by atoms with E-state index in [-0.39, 0.29) is 60.5 Å². The largest absolute Gasteiger partial charge is 0.439 e. The Morgan fingerprint density at radius 2 is 1.23 bits per heavy atom. The second-order valence-corrected chi connectivity index (χ2v) is 15.4. The van der Waals surface area contributed by atoms with Crippen LogP contribution in [0.4, 0.5) is 20.4 Å². The van der Waals surface area contributed by atoms with Gasteiger partial charge >= 0.3 is 0 Å². The van der Waals surface area contributed by atoms with E-state index >= 15 is 0 Å². The van der Waals surface area contributed by atoms with Gasteiger partial charge in [-0.15, -0.1) is 0 Å². The molecule has 4 amide bonds. The normalized spacial score (nSPS) is 14.4. The Kier molecular flexibility index (Phi) is 13.1. The van der Waals surface area contributed by atoms with Crippen LogP contribution in [0.1, 0.15) is 57.9 Å². The zero-order valence-corrected chi connectivity index (χ0v) is 35.1. The first-order chi connectivity index (χ1) is 31.5. The standard InChI is InChI=1S/C23H22FN7O3.C22H23FN6O2/c1-2-20(32)31-7-5-14(6-8-31)28-18-11-26-22-21(30-18)15(10-25-22)23(33)27-12-19-29-16-9-13(24)3-4-17(16)34-19;1-2-19(30)29-8-6-16(7-9-29)27-18-13-25-21-20(28-18)17(12-24-21)22(31)26-11-14-4-3-5-15(23)10-14/h2-4,9-11,14H,1,5-8,12H2,(H,25,26)(H,27,33)(H,28,30);2-5,10,12-13,16H,1,6-9,11H2,(H,24,25)(H,26,31)(H,27,28). The molecule has 334 valence electrons. The molecule has 18 nitrogen and oxygen atoms in total. The zero-order valence-electron chi connectivity index (χ0n) is 35.1. The van der Waals surface area contributed by atoms with Crippen molar-refractivity contribution in [2.75, 3.05) is 36.8 Å². The minimum Gasteiger partial charge on any atom is -0.439 e. The van der Waals surface area contributed by atoms with E-state index in [0.29, 0.717) is 87.9 Å². The molecule has 2 fully saturated rings. The minimum absolute atomic E-state index is 0.0369. The van der Waals surface area contributed by atoms with Gasteiger partial charge in [0.1, 0.15) is 39.8 Å². The highest BCUT2D eigenvalue weighted by molar-refractivity contribution is 6.05. The summed E-state index contributed by atoms with van der Waals surface area (Å²) in [5, 5.41) is 12.2. The van der Waals surface area contributed by atoms with Crippen molar-refractivity contribution in [1.29, 1.82) is 0 Å². The summed E-state index contributed by atoms with van der Waals surface area (Å²) in [6.45, 7) is 9.87. The number of hydrogen-bond donors (Lipinski definition) is 6. The van der Waals surface area contributed by atoms with Gasteiger partial charge in [0.15, 0.2) is 16.9 Å². The Labute approximate surface area is 370 Å². The number of amides is 4. The van der Waals surface area contributed by atoms with Crippen molar-refractivity contribution >= 4 is 68.7 Å². The quantitative estimate of drug-likeness (QED) is 0.0851. The van der Waals surface area contributed by atoms with Crippen molar-refractivity contribution in [1.82, 2.24) is 55.3 Å². The fourth-order valence-corrected chi connectivity index (χ4v) is 7.63. The van der Waals surface area contributed by atoms with Gasteiger partial charge in [0.25, 0.3) is 11.8 Å². The molecule has 7 aromatic rings. The molecular formula is C45H45F2N13O5. The summed E-state index contributed by atoms with van der Waals surface area (Å²) in [5.41, 5.74) is 4.09. The Balaban J connectivity index is 0.000000178. The monoisotopic (exact) mass is 885 g/mol. The van der Waals surface area contributed by atoms with Crippen molar-refractivity contribution in [2.45, 2.75) is 50.9 Å². The maximum atomic E-state index is 13.3. The Hall–Kier alpha value is -8.03. The number of likely N-dealkylation sites (tertiary alicyclic amines) is 2. The molecule has 0 atom stereocenters. The van der Waals surface area contributed by atoms with E-state index in [1.165, 1.54) is 42.5 Å². The second-order valence-electron chi connectivity index (χ2n) is 15.4. The van der Waals surface area contributed by atoms with Gasteiger partial charge in [-0.05, 0) is 67.7 Å². The molecule has 0 aliphatic carbocycles. The molecule has 9 rings (SSSR count). The van der Waals surface area contributed by atoms with Crippen molar-refractivity contribution in [2.24, 2.45) is 0 Å². The topological polar surface area (TPSA) is 232 Å². The zero-order chi connectivity index (χ0) is 45.5. The predicted molar refractivity (Wildman–Crippen MR) is 237 cm³/mol. The smallest absolute Gasteiger partial charge is 0.255 e. The number of carbonyl (C=O) groups excluding carboxylic acids is 4. The summed E-state index contributed by atoms with van der Waals surface area (Å²) < 4.78 is 32.2. The number of rotatable bonds is 12. The number of oxazole rings is 1. The fourth-order valence-electron chi connectivity index (χ4n) is 7.63. The number of H-pyrrole nitrogens is 2. The second kappa shape index (κ2) is 19.6. The van der Waals surface area contributed by atoms with Crippen LogP contribution in [0.15, 0.2) is 97.0 Å². The molecule has 0 unspecified atom stereocenters. The molecule has 2 aromatic carbocycles. The van der Waals surface area contributed by atoms with Crippen LogP contribution in [0.3, 0.4) is 0 Å². The van der Waals surface area contributed by atoms with E-state index in [9.17, 15) is 28.0 Å². The summed E-state index contributed by atoms with van der Waals surface area (Å²) in [7, 11) is 0. The maximum absolute atomic E-state index is 13.3. The lowest BCUT2D eigenvalue weighted by atomic mass is 10.1. The van der Waals surface area contributed by atoms with Gasteiger partial charge in [0, 0.05) is 63.3 Å². The highest BCUT2D eigenvalue weighted by Gasteiger charge is 2.24. The lowest BCUT2D eigenvalue weighted by Gasteiger charge is -2.31. The number of hydrogen-bond acceptors (Lipinski definition) is 12. The molecule has 20 heteroatoms. The summed E-state index contributed by atoms with van der Waals surface area (Å²) in [4.78, 5) is 80.4. The molecule has 0 saturated carbocycles. The minimum atomic E-state index is -0.408. The summed E-state index contributed by atoms with van der Waals surface area (Å²) >= 11 is 0. The summed E-state index contributed by atoms with van der Waals surface area (Å²) in [5.74, 6) is -0.179. The van der Waals surface area contributed by atoms with Gasteiger partial charge in [-0.1, -0.05) is 25.3 Å². The number of carbonyl (C=O) groups is 4. The molecule has 0 radical (unpaired) electrons. The molecular weight excluding hydrogens is 841 g/mol. The van der Waals surface area contributed by atoms with Crippen molar-refractivity contribution in [3.05, 3.63) is 127 Å². The molecule has 2 saturated heterocycles. The molecule has 7 heterocycles. The third kappa shape index (κ3) is 10.4. The van der Waals surface area contributed by atoms with Gasteiger partial charge < -0.3 is 45.5 Å². The number of aromatic amines is 2. The van der Waals surface area contributed by atoms with Gasteiger partial charge in [-0.25, -0.2) is 33.7 Å². The van der Waals surface area contributed by atoms with E-state index < -0.39 is 5.82 Å². The lowest BCUT2D eigenvalue weighted by molar-refractivity contribution is -0.127. The first kappa shape index (κ1) is 43.6. The van der Waals surface area contributed by atoms with Crippen LogP contribution in [0.2, 0.25) is 0 Å². The summed E-state index contributed by atoms with van der Waals surface area (Å²) in [6.07, 6.45) is 12.1. The Morgan fingerprint density at radius 3 is 1.75 bits per heavy atom. The van der Waals surface area contributed by atoms with Gasteiger partial charge in [0.2, 0.25) is 17.7 Å². The maximum Gasteiger partial charge on any atom is 0.255 e. The van der Waals surface area contributed by atoms with Gasteiger partial charge in [-0.3, -0.25) is 19.2 Å². The van der Waals surface area contributed by atoms with E-state index in [1.807, 2.05) is 0 Å². The number of piperidine rings is 2. The number of aromatic nitrogens is 7. The van der Waals surface area contributed by atoms with Crippen LogP contribution in [-0.2, 0) is 22.7 Å². The summed E-state index contributed by atoms with van der Waals surface area (Å²) in [6, 6.07) is 10.4. The number of halogens is 2. The van der Waals surface area contributed by atoms with Crippen LogP contribution < -0.4 is 21.3 Å². The average Bonchev–Trinajstić information content (AvgIpc) is 4.07. The molecule has 2 aliphatic heterocycles. The van der Waals surface area contributed by atoms with Crippen LogP contribution in [0.25, 0.3) is 33.4 Å². The van der Waals surface area contributed by atoms with Gasteiger partial charge in [-0.2, -0.15) is 0 Å². The van der Waals surface area contributed by atoms with Crippen molar-refractivity contribution in [3.8, 4) is 0 Å². The lowest BCUT2D eigenvalue weighted by Crippen LogP contribution is -2.41. The van der Waals surface area contributed by atoms with E-state index in [4.69, 9.17) is 4.42 Å². The molecule has 6 N–H and O–H groups in total. The highest BCUT2D eigenvalue weighted by Crippen LogP contribution is 2.22. The number of nitrogens with zero attached hydrogens (tertiary/aromatic N) is 7. The van der Waals surface area contributed by atoms with Gasteiger partial charge in [0.05, 0.1) is 30.1 Å². The molecule has 0 bridgehead atoms. The number of anilines is 2. The first-order valence-electron chi connectivity index (χ1n) is 20.9. The van der Waals surface area contributed by atoms with Crippen LogP contribution in [0, 0.1) is 11.6 Å². The number of nitrogens with one attached hydrogen (secondary N) is 6. The SMILES string of the molecule is C=CC(=O)N1CCC(Nc2cnc3[nH]cc(C(=O)NCc4cccc(F)c4)c3n2)CC1.C=CC(=O)N1CCC(Nc2cnc3[nH]cc(C(=O)NCc4nc5cc(F)ccc5o4)c3n2)CC1. The third-order valence-electron chi connectivity index (χ3n) is 11.1. The Morgan fingerprint density at radius 1 is 0.708 bits per heavy atom. The van der Waals surface area contributed by atoms with Crippen LogP contribution >= 0.6 is 0 Å². The van der Waals surface area contributed by atoms with Crippen LogP contribution in [-0.4, -0.2) is 107 Å². The third-order valence-corrected chi connectivity index (χ3v) is 11.1. The first-order valence-corrected chi connectivity index (χ1v) is 20.9. The van der Waals surface area contributed by atoms with Crippen molar-refractivity contribution in [3.63, 3.8) is 0 Å². The Bertz CT molecular complexity index is 2900. The fraction of sp³-hybridized carbons (Fsp3) is 0.267. The van der Waals surface area contributed by atoms with Crippen molar-refractivity contribution < 1.29 is 32.4 Å². The number of fused-ring (bicyclic) bond motifs is 3. The van der Waals surface area contributed by atoms with Crippen LogP contribution in [0.5, 0.6) is 0 Å². The molecule has 0 spiro atoms. The van der Waals surface area contributed by atoms with E-state index in [2.05, 4.69) is 69.3 Å².